The van der Waals surface area contributed by atoms with Gasteiger partial charge in [-0.1, -0.05) is 17.7 Å². The molecule has 0 aliphatic heterocycles. The Hall–Kier alpha value is -2.86. The van der Waals surface area contributed by atoms with E-state index in [-0.39, 0.29) is 5.91 Å². The Morgan fingerprint density at radius 1 is 1.25 bits per heavy atom. The molecule has 2 aromatic carbocycles. The summed E-state index contributed by atoms with van der Waals surface area (Å²) in [7, 11) is 0. The van der Waals surface area contributed by atoms with E-state index in [1.165, 1.54) is 13.1 Å². The molecule has 0 saturated carbocycles. The highest BCUT2D eigenvalue weighted by atomic mass is 35.5. The molecule has 1 amide bonds. The van der Waals surface area contributed by atoms with Crippen molar-refractivity contribution in [3.05, 3.63) is 64.7 Å². The second-order valence-corrected chi connectivity index (χ2v) is 5.31. The van der Waals surface area contributed by atoms with Crippen LogP contribution in [0.15, 0.2) is 53.6 Å². The molecule has 0 fully saturated rings. The molecule has 0 aliphatic rings. The number of halogens is 1. The summed E-state index contributed by atoms with van der Waals surface area (Å²) in [6, 6.07) is 13.2. The normalized spacial score (nSPS) is 11.9. The maximum Gasteiger partial charge on any atom is 0.344 e. The van der Waals surface area contributed by atoms with Crippen LogP contribution in [0, 0.1) is 0 Å². The second-order valence-electron chi connectivity index (χ2n) is 4.88. The van der Waals surface area contributed by atoms with Crippen LogP contribution in [-0.4, -0.2) is 29.3 Å². The average molecular weight is 347 g/mol. The van der Waals surface area contributed by atoms with Crippen molar-refractivity contribution < 1.29 is 19.4 Å². The van der Waals surface area contributed by atoms with E-state index in [0.717, 1.165) is 5.56 Å². The van der Waals surface area contributed by atoms with E-state index in [4.69, 9.17) is 21.4 Å². The molecule has 2 N–H and O–H groups in total. The maximum absolute atomic E-state index is 11.9. The number of rotatable bonds is 6. The minimum atomic E-state index is -1.04. The number of carboxylic acid groups (broad SMARTS) is 1. The van der Waals surface area contributed by atoms with Crippen molar-refractivity contribution in [3.63, 3.8) is 0 Å². The molecule has 0 spiro atoms. The summed E-state index contributed by atoms with van der Waals surface area (Å²) >= 11 is 5.82. The predicted octanol–water partition coefficient (Wildman–Crippen LogP) is 2.96. The lowest BCUT2D eigenvalue weighted by Gasteiger charge is -2.09. The Balaban J connectivity index is 1.92. The largest absolute Gasteiger partial charge is 0.479 e. The fourth-order valence-electron chi connectivity index (χ4n) is 1.75. The predicted molar refractivity (Wildman–Crippen MR) is 90.7 cm³/mol. The van der Waals surface area contributed by atoms with E-state index in [9.17, 15) is 9.59 Å². The molecule has 0 unspecified atom stereocenters. The zero-order valence-electron chi connectivity index (χ0n) is 12.8. The number of nitrogens with zero attached hydrogens (tertiary/aromatic N) is 1. The summed E-state index contributed by atoms with van der Waals surface area (Å²) in [4.78, 5) is 22.6. The molecular formula is C17H15ClN2O4. The minimum absolute atomic E-state index is 0.371. The second kappa shape index (κ2) is 8.12. The van der Waals surface area contributed by atoms with Crippen LogP contribution in [0.5, 0.6) is 5.75 Å². The Morgan fingerprint density at radius 3 is 2.58 bits per heavy atom. The van der Waals surface area contributed by atoms with Gasteiger partial charge in [0, 0.05) is 10.6 Å². The zero-order chi connectivity index (χ0) is 17.5. The number of amides is 1. The van der Waals surface area contributed by atoms with Crippen molar-refractivity contribution in [3.8, 4) is 5.75 Å². The summed E-state index contributed by atoms with van der Waals surface area (Å²) in [6.45, 7) is 1.45. The first-order chi connectivity index (χ1) is 11.5. The average Bonchev–Trinajstić information content (AvgIpc) is 2.56. The third-order valence-electron chi connectivity index (χ3n) is 3.01. The fraction of sp³-hybridized carbons (Fsp3) is 0.118. The van der Waals surface area contributed by atoms with Crippen molar-refractivity contribution in [1.29, 1.82) is 0 Å². The molecule has 0 aliphatic carbocycles. The summed E-state index contributed by atoms with van der Waals surface area (Å²) in [5.41, 5.74) is 3.53. The van der Waals surface area contributed by atoms with Crippen LogP contribution in [0.2, 0.25) is 5.02 Å². The summed E-state index contributed by atoms with van der Waals surface area (Å²) < 4.78 is 5.22. The van der Waals surface area contributed by atoms with Crippen LogP contribution in [0.3, 0.4) is 0 Å². The first kappa shape index (κ1) is 17.5. The van der Waals surface area contributed by atoms with E-state index in [1.807, 2.05) is 0 Å². The molecule has 0 aromatic heterocycles. The number of nitrogens with one attached hydrogen (secondary N) is 1. The molecule has 0 bridgehead atoms. The van der Waals surface area contributed by atoms with E-state index >= 15 is 0 Å². The van der Waals surface area contributed by atoms with Crippen LogP contribution >= 0.6 is 11.6 Å². The molecule has 0 radical (unpaired) electrons. The van der Waals surface area contributed by atoms with Gasteiger partial charge in [0.1, 0.15) is 5.75 Å². The van der Waals surface area contributed by atoms with Gasteiger partial charge in [0.25, 0.3) is 5.91 Å². The monoisotopic (exact) mass is 346 g/mol. The minimum Gasteiger partial charge on any atom is -0.479 e. The number of hydrazone groups is 1. The van der Waals surface area contributed by atoms with Gasteiger partial charge in [-0.2, -0.15) is 5.10 Å². The molecule has 124 valence electrons. The highest BCUT2D eigenvalue weighted by molar-refractivity contribution is 6.30. The van der Waals surface area contributed by atoms with E-state index in [0.29, 0.717) is 16.3 Å². The van der Waals surface area contributed by atoms with Gasteiger partial charge in [-0.3, -0.25) is 4.79 Å². The van der Waals surface area contributed by atoms with Crippen molar-refractivity contribution in [2.24, 2.45) is 5.10 Å². The molecule has 6 nitrogen and oxygen atoms in total. The van der Waals surface area contributed by atoms with Crippen LogP contribution in [-0.2, 0) is 4.79 Å². The third kappa shape index (κ3) is 5.10. The quantitative estimate of drug-likeness (QED) is 0.621. The standard InChI is InChI=1S/C17H15ClN2O4/c1-11(17(22)23)24-15-7-5-12(6-8-15)10-19-20-16(21)13-3-2-4-14(18)9-13/h2-11H,1H3,(H,20,21)(H,22,23)/b19-10-/t11-/m0/s1. The van der Waals surface area contributed by atoms with Gasteiger partial charge >= 0.3 is 5.97 Å². The van der Waals surface area contributed by atoms with Crippen LogP contribution in [0.4, 0.5) is 0 Å². The highest BCUT2D eigenvalue weighted by Crippen LogP contribution is 2.13. The first-order valence-corrected chi connectivity index (χ1v) is 7.42. The highest BCUT2D eigenvalue weighted by Gasteiger charge is 2.11. The fourth-order valence-corrected chi connectivity index (χ4v) is 1.94. The molecule has 7 heteroatoms. The topological polar surface area (TPSA) is 88.0 Å². The lowest BCUT2D eigenvalue weighted by Crippen LogP contribution is -2.22. The number of carbonyl (C=O) groups excluding carboxylic acids is 1. The summed E-state index contributed by atoms with van der Waals surface area (Å²) in [5.74, 6) is -0.974. The number of carbonyl (C=O) groups is 2. The SMILES string of the molecule is C[C@H](Oc1ccc(/C=N\NC(=O)c2cccc(Cl)c2)cc1)C(=O)O. The van der Waals surface area contributed by atoms with Crippen LogP contribution in [0.25, 0.3) is 0 Å². The number of carboxylic acids is 1. The van der Waals surface area contributed by atoms with Gasteiger partial charge in [0.2, 0.25) is 0 Å². The Morgan fingerprint density at radius 2 is 1.96 bits per heavy atom. The molecular weight excluding hydrogens is 332 g/mol. The van der Waals surface area contributed by atoms with Crippen molar-refractivity contribution in [2.75, 3.05) is 0 Å². The molecule has 2 rings (SSSR count). The van der Waals surface area contributed by atoms with Crippen LogP contribution in [0.1, 0.15) is 22.8 Å². The number of hydrogen-bond donors (Lipinski definition) is 2. The van der Waals surface area contributed by atoms with Gasteiger partial charge in [0.05, 0.1) is 6.21 Å². The van der Waals surface area contributed by atoms with E-state index in [2.05, 4.69) is 10.5 Å². The smallest absolute Gasteiger partial charge is 0.344 e. The Bertz CT molecular complexity index is 759. The third-order valence-corrected chi connectivity index (χ3v) is 3.24. The lowest BCUT2D eigenvalue weighted by molar-refractivity contribution is -0.144. The lowest BCUT2D eigenvalue weighted by atomic mass is 10.2. The summed E-state index contributed by atoms with van der Waals surface area (Å²) in [5, 5.41) is 13.1. The molecule has 1 atom stereocenters. The van der Waals surface area contributed by atoms with Gasteiger partial charge < -0.3 is 9.84 Å². The molecule has 0 saturated heterocycles. The van der Waals surface area contributed by atoms with E-state index in [1.54, 1.807) is 48.5 Å². The van der Waals surface area contributed by atoms with Crippen molar-refractivity contribution in [2.45, 2.75) is 13.0 Å². The molecule has 0 heterocycles. The van der Waals surface area contributed by atoms with E-state index < -0.39 is 12.1 Å². The zero-order valence-corrected chi connectivity index (χ0v) is 13.5. The number of benzene rings is 2. The maximum atomic E-state index is 11.9. The molecule has 2 aromatic rings. The Kier molecular flexibility index (Phi) is 5.92. The Labute approximate surface area is 143 Å². The van der Waals surface area contributed by atoms with Gasteiger partial charge in [-0.15, -0.1) is 0 Å². The van der Waals surface area contributed by atoms with Crippen LogP contribution < -0.4 is 10.2 Å². The number of aliphatic carboxylic acids is 1. The number of hydrogen-bond acceptors (Lipinski definition) is 4. The van der Waals surface area contributed by atoms with Crippen molar-refractivity contribution in [1.82, 2.24) is 5.43 Å². The molecule has 24 heavy (non-hydrogen) atoms. The van der Waals surface area contributed by atoms with Gasteiger partial charge in [-0.25, -0.2) is 10.2 Å². The summed E-state index contributed by atoms with van der Waals surface area (Å²) in [6.07, 6.45) is 0.536. The number of ether oxygens (including phenoxy) is 1. The van der Waals surface area contributed by atoms with Gasteiger partial charge in [0.15, 0.2) is 6.10 Å². The van der Waals surface area contributed by atoms with Crippen molar-refractivity contribution >= 4 is 29.7 Å². The van der Waals surface area contributed by atoms with Gasteiger partial charge in [-0.05, 0) is 55.0 Å². The first-order valence-electron chi connectivity index (χ1n) is 7.04.